The molecule has 9 heteroatoms. The Bertz CT molecular complexity index is 1220. The van der Waals surface area contributed by atoms with Crippen molar-refractivity contribution in [3.63, 3.8) is 0 Å². The summed E-state index contributed by atoms with van der Waals surface area (Å²) < 4.78 is 13.2. The van der Waals surface area contributed by atoms with Gasteiger partial charge in [0, 0.05) is 28.7 Å². The summed E-state index contributed by atoms with van der Waals surface area (Å²) in [5.74, 6) is -0.825. The van der Waals surface area contributed by atoms with Gasteiger partial charge >= 0.3 is 0 Å². The third-order valence-electron chi connectivity index (χ3n) is 5.11. The van der Waals surface area contributed by atoms with E-state index < -0.39 is 5.25 Å². The first-order chi connectivity index (χ1) is 16.4. The lowest BCUT2D eigenvalue weighted by Gasteiger charge is -2.32. The molecule has 0 aromatic heterocycles. The van der Waals surface area contributed by atoms with Crippen LogP contribution in [0.5, 0.6) is 0 Å². The number of amides is 2. The maximum Gasteiger partial charge on any atom is 0.238 e. The normalized spacial score (nSPS) is 17.1. The molecule has 1 fully saturated rings. The van der Waals surface area contributed by atoms with Gasteiger partial charge in [0.2, 0.25) is 11.8 Å². The van der Waals surface area contributed by atoms with Gasteiger partial charge in [-0.05, 0) is 66.6 Å². The van der Waals surface area contributed by atoms with Crippen molar-refractivity contribution in [1.82, 2.24) is 4.90 Å². The minimum Gasteiger partial charge on any atom is -0.325 e. The number of anilines is 1. The van der Waals surface area contributed by atoms with Gasteiger partial charge in [0.25, 0.3) is 0 Å². The Kier molecular flexibility index (Phi) is 7.88. The number of carbonyl (C=O) groups is 2. The average molecular weight is 516 g/mol. The highest BCUT2D eigenvalue weighted by Crippen LogP contribution is 2.30. The molecule has 4 rings (SSSR count). The van der Waals surface area contributed by atoms with Gasteiger partial charge in [-0.2, -0.15) is 0 Å². The topological polar surface area (TPSA) is 61.8 Å². The molecule has 1 atom stereocenters. The summed E-state index contributed by atoms with van der Waals surface area (Å²) in [7, 11) is 0. The lowest BCUT2D eigenvalue weighted by molar-refractivity contribution is -0.129. The van der Waals surface area contributed by atoms with Crippen LogP contribution in [0.4, 0.5) is 15.8 Å². The van der Waals surface area contributed by atoms with E-state index in [1.807, 2.05) is 0 Å². The molecular formula is C25H20Cl2FN3O2S. The molecule has 5 nitrogen and oxygen atoms in total. The maximum absolute atomic E-state index is 13.2. The summed E-state index contributed by atoms with van der Waals surface area (Å²) in [6.45, 7) is 0.354. The highest BCUT2D eigenvalue weighted by molar-refractivity contribution is 8.15. The predicted molar refractivity (Wildman–Crippen MR) is 136 cm³/mol. The van der Waals surface area contributed by atoms with Crippen molar-refractivity contribution in [2.75, 3.05) is 11.9 Å². The Morgan fingerprint density at radius 3 is 2.50 bits per heavy atom. The van der Waals surface area contributed by atoms with Gasteiger partial charge in [-0.1, -0.05) is 53.2 Å². The van der Waals surface area contributed by atoms with Crippen LogP contribution in [0.15, 0.2) is 77.8 Å². The molecule has 1 aliphatic heterocycles. The summed E-state index contributed by atoms with van der Waals surface area (Å²) in [4.78, 5) is 32.2. The highest BCUT2D eigenvalue weighted by Gasteiger charge is 2.35. The molecule has 1 N–H and O–H groups in total. The van der Waals surface area contributed by atoms with Crippen molar-refractivity contribution < 1.29 is 14.0 Å². The molecule has 1 heterocycles. The van der Waals surface area contributed by atoms with Gasteiger partial charge < -0.3 is 5.32 Å². The van der Waals surface area contributed by atoms with Gasteiger partial charge in [-0.15, -0.1) is 0 Å². The fourth-order valence-electron chi connectivity index (χ4n) is 3.37. The van der Waals surface area contributed by atoms with Gasteiger partial charge in [0.1, 0.15) is 11.1 Å². The number of hydrogen-bond acceptors (Lipinski definition) is 4. The zero-order chi connectivity index (χ0) is 24.1. The van der Waals surface area contributed by atoms with E-state index in [1.54, 1.807) is 65.6 Å². The molecule has 1 saturated heterocycles. The van der Waals surface area contributed by atoms with Crippen LogP contribution in [0.3, 0.4) is 0 Å². The monoisotopic (exact) mass is 515 g/mol. The van der Waals surface area contributed by atoms with Crippen molar-refractivity contribution in [2.24, 2.45) is 4.99 Å². The fraction of sp³-hybridized carbons (Fsp3) is 0.160. The van der Waals surface area contributed by atoms with E-state index in [2.05, 4.69) is 10.3 Å². The summed E-state index contributed by atoms with van der Waals surface area (Å²) >= 11 is 13.2. The molecule has 3 aromatic carbocycles. The minimum atomic E-state index is -0.653. The number of hydrogen-bond donors (Lipinski definition) is 1. The Morgan fingerprint density at radius 1 is 1.06 bits per heavy atom. The number of nitrogens with one attached hydrogen (secondary N) is 1. The Hall–Kier alpha value is -2.87. The molecule has 3 aromatic rings. The molecular weight excluding hydrogens is 496 g/mol. The summed E-state index contributed by atoms with van der Waals surface area (Å²) in [6.07, 6.45) is 0.547. The van der Waals surface area contributed by atoms with Crippen molar-refractivity contribution in [3.05, 3.63) is 94.2 Å². The van der Waals surface area contributed by atoms with Crippen LogP contribution in [-0.2, 0) is 16.0 Å². The third-order valence-corrected chi connectivity index (χ3v) is 6.79. The molecule has 0 unspecified atom stereocenters. The molecule has 0 radical (unpaired) electrons. The van der Waals surface area contributed by atoms with E-state index in [0.717, 1.165) is 5.56 Å². The van der Waals surface area contributed by atoms with Crippen LogP contribution in [0.25, 0.3) is 0 Å². The fourth-order valence-corrected chi connectivity index (χ4v) is 4.81. The van der Waals surface area contributed by atoms with E-state index in [4.69, 9.17) is 23.2 Å². The van der Waals surface area contributed by atoms with Crippen molar-refractivity contribution in [3.8, 4) is 0 Å². The number of nitrogens with zero attached hydrogens (tertiary/aromatic N) is 2. The highest BCUT2D eigenvalue weighted by atomic mass is 35.5. The van der Waals surface area contributed by atoms with Crippen LogP contribution in [0, 0.1) is 5.82 Å². The van der Waals surface area contributed by atoms with E-state index >= 15 is 0 Å². The number of aliphatic imine (C=N–C) groups is 1. The van der Waals surface area contributed by atoms with E-state index in [0.29, 0.717) is 39.6 Å². The number of thioether (sulfide) groups is 1. The van der Waals surface area contributed by atoms with Crippen LogP contribution < -0.4 is 5.32 Å². The van der Waals surface area contributed by atoms with E-state index in [9.17, 15) is 14.0 Å². The number of amidine groups is 1. The molecule has 0 aliphatic carbocycles. The Morgan fingerprint density at radius 2 is 1.79 bits per heavy atom. The third kappa shape index (κ3) is 6.38. The van der Waals surface area contributed by atoms with Crippen LogP contribution >= 0.6 is 35.0 Å². The van der Waals surface area contributed by atoms with Gasteiger partial charge in [0.05, 0.1) is 5.69 Å². The van der Waals surface area contributed by atoms with E-state index in [-0.39, 0.29) is 24.1 Å². The average Bonchev–Trinajstić information content (AvgIpc) is 2.81. The molecule has 0 bridgehead atoms. The van der Waals surface area contributed by atoms with Crippen molar-refractivity contribution in [2.45, 2.75) is 18.1 Å². The molecule has 0 saturated carbocycles. The first-order valence-corrected chi connectivity index (χ1v) is 12.1. The SMILES string of the molecule is O=C(Nc1cccc(Cl)c1)[C@H]1CC(=O)N(CCc2ccc(F)cc2)C(=Nc2ccc(Cl)cc2)S1. The van der Waals surface area contributed by atoms with Gasteiger partial charge in [-0.25, -0.2) is 9.38 Å². The summed E-state index contributed by atoms with van der Waals surface area (Å²) in [5, 5.41) is 3.66. The second-order valence-corrected chi connectivity index (χ2v) is 9.65. The molecule has 34 heavy (non-hydrogen) atoms. The zero-order valence-electron chi connectivity index (χ0n) is 17.9. The first-order valence-electron chi connectivity index (χ1n) is 10.5. The molecule has 2 amide bonds. The second-order valence-electron chi connectivity index (χ2n) is 7.60. The molecule has 0 spiro atoms. The molecule has 1 aliphatic rings. The van der Waals surface area contributed by atoms with Crippen molar-refractivity contribution in [1.29, 1.82) is 0 Å². The number of rotatable bonds is 6. The first kappa shape index (κ1) is 24.3. The van der Waals surface area contributed by atoms with Crippen LogP contribution in [-0.4, -0.2) is 33.7 Å². The maximum atomic E-state index is 13.2. The summed E-state index contributed by atoms with van der Waals surface area (Å²) in [6, 6.07) is 19.9. The van der Waals surface area contributed by atoms with Gasteiger partial charge in [-0.3, -0.25) is 14.5 Å². The Labute approximate surface area is 211 Å². The Balaban J connectivity index is 1.55. The quantitative estimate of drug-likeness (QED) is 0.416. The standard InChI is InChI=1S/C25H20Cl2FN3O2S/c26-17-6-10-20(11-7-17)30-25-31(13-12-16-4-8-19(28)9-5-16)23(32)15-22(34-25)24(33)29-21-3-1-2-18(27)14-21/h1-11,14,22H,12-13,15H2,(H,29,33)/t22-/m1/s1. The lowest BCUT2D eigenvalue weighted by Crippen LogP contribution is -2.46. The van der Waals surface area contributed by atoms with Crippen LogP contribution in [0.2, 0.25) is 10.0 Å². The molecule has 174 valence electrons. The second kappa shape index (κ2) is 11.0. The lowest BCUT2D eigenvalue weighted by atomic mass is 10.1. The number of halogens is 3. The van der Waals surface area contributed by atoms with E-state index in [1.165, 1.54) is 23.9 Å². The smallest absolute Gasteiger partial charge is 0.238 e. The predicted octanol–water partition coefficient (Wildman–Crippen LogP) is 6.34. The largest absolute Gasteiger partial charge is 0.325 e. The van der Waals surface area contributed by atoms with Crippen molar-refractivity contribution >= 4 is 63.3 Å². The summed E-state index contributed by atoms with van der Waals surface area (Å²) in [5.41, 5.74) is 2.06. The van der Waals surface area contributed by atoms with Crippen LogP contribution in [0.1, 0.15) is 12.0 Å². The van der Waals surface area contributed by atoms with Gasteiger partial charge in [0.15, 0.2) is 5.17 Å². The minimum absolute atomic E-state index is 0.0279. The zero-order valence-corrected chi connectivity index (χ0v) is 20.2. The number of carbonyl (C=O) groups excluding carboxylic acids is 2. The number of benzene rings is 3.